The van der Waals surface area contributed by atoms with Gasteiger partial charge in [-0.05, 0) is 36.8 Å². The molecular formula is C21H22FN3O4. The zero-order valence-electron chi connectivity index (χ0n) is 16.7. The molecule has 3 rings (SSSR count). The Bertz CT molecular complexity index is 1010. The second-order valence-corrected chi connectivity index (χ2v) is 6.23. The SMILES string of the molecule is COc1cc(C(=O)NCc2ccc(-n3ccnc3C)c(F)c2)cc(OC)c1OC. The number of aromatic nitrogens is 2. The molecule has 152 valence electrons. The molecule has 0 radical (unpaired) electrons. The molecule has 1 heterocycles. The van der Waals surface area contributed by atoms with Gasteiger partial charge in [-0.1, -0.05) is 6.07 Å². The second kappa shape index (κ2) is 8.64. The molecule has 0 unspecified atom stereocenters. The van der Waals surface area contributed by atoms with Crippen LogP contribution in [0.2, 0.25) is 0 Å². The number of hydrogen-bond donors (Lipinski definition) is 1. The van der Waals surface area contributed by atoms with Gasteiger partial charge in [0.1, 0.15) is 11.6 Å². The monoisotopic (exact) mass is 399 g/mol. The third kappa shape index (κ3) is 4.16. The van der Waals surface area contributed by atoms with Crippen molar-refractivity contribution in [3.05, 3.63) is 65.5 Å². The maximum atomic E-state index is 14.5. The molecule has 0 saturated heterocycles. The first-order valence-electron chi connectivity index (χ1n) is 8.85. The first-order valence-corrected chi connectivity index (χ1v) is 8.85. The largest absolute Gasteiger partial charge is 0.493 e. The number of nitrogens with one attached hydrogen (secondary N) is 1. The Hall–Kier alpha value is -3.55. The summed E-state index contributed by atoms with van der Waals surface area (Å²) < 4.78 is 32.0. The maximum Gasteiger partial charge on any atom is 0.251 e. The molecule has 0 bridgehead atoms. The van der Waals surface area contributed by atoms with Crippen molar-refractivity contribution >= 4 is 5.91 Å². The number of hydrogen-bond acceptors (Lipinski definition) is 5. The van der Waals surface area contributed by atoms with E-state index in [0.29, 0.717) is 39.9 Å². The van der Waals surface area contributed by atoms with E-state index >= 15 is 0 Å². The van der Waals surface area contributed by atoms with Gasteiger partial charge in [-0.25, -0.2) is 9.37 Å². The Labute approximate surface area is 168 Å². The molecule has 1 aromatic heterocycles. The molecule has 1 amide bonds. The maximum absolute atomic E-state index is 14.5. The molecule has 0 spiro atoms. The molecule has 0 aliphatic carbocycles. The predicted molar refractivity (Wildman–Crippen MR) is 106 cm³/mol. The van der Waals surface area contributed by atoms with Gasteiger partial charge in [0.2, 0.25) is 5.75 Å². The number of nitrogens with zero attached hydrogens (tertiary/aromatic N) is 2. The summed E-state index contributed by atoms with van der Waals surface area (Å²) in [6.07, 6.45) is 3.31. The number of halogens is 1. The number of aryl methyl sites for hydroxylation is 1. The third-order valence-electron chi connectivity index (χ3n) is 4.48. The number of carbonyl (C=O) groups excluding carboxylic acids is 1. The highest BCUT2D eigenvalue weighted by Gasteiger charge is 2.17. The predicted octanol–water partition coefficient (Wildman–Crippen LogP) is 3.28. The fourth-order valence-electron chi connectivity index (χ4n) is 2.98. The van der Waals surface area contributed by atoms with Crippen molar-refractivity contribution in [1.82, 2.24) is 14.9 Å². The van der Waals surface area contributed by atoms with Crippen molar-refractivity contribution in [3.8, 4) is 22.9 Å². The Morgan fingerprint density at radius 2 is 1.79 bits per heavy atom. The Morgan fingerprint density at radius 3 is 2.31 bits per heavy atom. The summed E-state index contributed by atoms with van der Waals surface area (Å²) in [5, 5.41) is 2.77. The van der Waals surface area contributed by atoms with Crippen molar-refractivity contribution in [2.75, 3.05) is 21.3 Å². The smallest absolute Gasteiger partial charge is 0.251 e. The normalized spacial score (nSPS) is 10.5. The van der Waals surface area contributed by atoms with Gasteiger partial charge in [-0.15, -0.1) is 0 Å². The average molecular weight is 399 g/mol. The van der Waals surface area contributed by atoms with E-state index in [2.05, 4.69) is 10.3 Å². The molecule has 1 N–H and O–H groups in total. The highest BCUT2D eigenvalue weighted by atomic mass is 19.1. The van der Waals surface area contributed by atoms with Crippen LogP contribution in [0.4, 0.5) is 4.39 Å². The molecular weight excluding hydrogens is 377 g/mol. The van der Waals surface area contributed by atoms with Crippen LogP contribution in [0.15, 0.2) is 42.7 Å². The van der Waals surface area contributed by atoms with Gasteiger partial charge in [0.25, 0.3) is 5.91 Å². The molecule has 7 nitrogen and oxygen atoms in total. The highest BCUT2D eigenvalue weighted by molar-refractivity contribution is 5.95. The summed E-state index contributed by atoms with van der Waals surface area (Å²) in [6, 6.07) is 7.92. The number of amides is 1. The van der Waals surface area contributed by atoms with Crippen LogP contribution in [0.25, 0.3) is 5.69 Å². The third-order valence-corrected chi connectivity index (χ3v) is 4.48. The molecule has 8 heteroatoms. The number of carbonyl (C=O) groups is 1. The van der Waals surface area contributed by atoms with Crippen LogP contribution in [-0.2, 0) is 6.54 Å². The van der Waals surface area contributed by atoms with Crippen molar-refractivity contribution in [2.45, 2.75) is 13.5 Å². The van der Waals surface area contributed by atoms with Gasteiger partial charge in [0.15, 0.2) is 11.5 Å². The Kier molecular flexibility index (Phi) is 6.01. The quantitative estimate of drug-likeness (QED) is 0.660. The van der Waals surface area contributed by atoms with Crippen LogP contribution >= 0.6 is 0 Å². The summed E-state index contributed by atoms with van der Waals surface area (Å²) in [7, 11) is 4.44. The van der Waals surface area contributed by atoms with Crippen LogP contribution in [0.3, 0.4) is 0 Å². The molecule has 3 aromatic rings. The van der Waals surface area contributed by atoms with E-state index in [1.165, 1.54) is 27.4 Å². The fraction of sp³-hybridized carbons (Fsp3) is 0.238. The van der Waals surface area contributed by atoms with E-state index in [9.17, 15) is 9.18 Å². The summed E-state index contributed by atoms with van der Waals surface area (Å²) in [4.78, 5) is 16.7. The van der Waals surface area contributed by atoms with E-state index in [0.717, 1.165) is 0 Å². The van der Waals surface area contributed by atoms with Gasteiger partial charge in [-0.2, -0.15) is 0 Å². The van der Waals surface area contributed by atoms with E-state index < -0.39 is 5.82 Å². The minimum atomic E-state index is -0.398. The first kappa shape index (κ1) is 20.2. The second-order valence-electron chi connectivity index (χ2n) is 6.23. The van der Waals surface area contributed by atoms with Crippen LogP contribution in [0.5, 0.6) is 17.2 Å². The average Bonchev–Trinajstić information content (AvgIpc) is 3.16. The van der Waals surface area contributed by atoms with Crippen molar-refractivity contribution in [1.29, 1.82) is 0 Å². The number of imidazole rings is 1. The van der Waals surface area contributed by atoms with E-state index in [1.54, 1.807) is 48.1 Å². The van der Waals surface area contributed by atoms with Crippen molar-refractivity contribution in [3.63, 3.8) is 0 Å². The lowest BCUT2D eigenvalue weighted by Gasteiger charge is -2.14. The number of methoxy groups -OCH3 is 3. The number of benzene rings is 2. The molecule has 2 aromatic carbocycles. The lowest BCUT2D eigenvalue weighted by molar-refractivity contribution is 0.0950. The van der Waals surface area contributed by atoms with Crippen molar-refractivity contribution in [2.24, 2.45) is 0 Å². The topological polar surface area (TPSA) is 74.6 Å². The minimum Gasteiger partial charge on any atom is -0.493 e. The van der Waals surface area contributed by atoms with E-state index in [1.807, 2.05) is 0 Å². The molecule has 29 heavy (non-hydrogen) atoms. The summed E-state index contributed by atoms with van der Waals surface area (Å²) in [5.74, 6) is 1.10. The van der Waals surface area contributed by atoms with Gasteiger partial charge < -0.3 is 24.1 Å². The summed E-state index contributed by atoms with van der Waals surface area (Å²) in [6.45, 7) is 1.96. The fourth-order valence-corrected chi connectivity index (χ4v) is 2.98. The summed E-state index contributed by atoms with van der Waals surface area (Å²) in [5.41, 5.74) is 1.37. The van der Waals surface area contributed by atoms with Gasteiger partial charge in [0, 0.05) is 24.5 Å². The summed E-state index contributed by atoms with van der Waals surface area (Å²) >= 11 is 0. The van der Waals surface area contributed by atoms with Crippen LogP contribution < -0.4 is 19.5 Å². The standard InChI is InChI=1S/C21H22FN3O4/c1-13-23-7-8-25(13)17-6-5-14(9-16(17)22)12-24-21(26)15-10-18(27-2)20(29-4)19(11-15)28-3/h5-11H,12H2,1-4H3,(H,24,26). The number of ether oxygens (including phenoxy) is 3. The lowest BCUT2D eigenvalue weighted by Crippen LogP contribution is -2.23. The molecule has 0 saturated carbocycles. The molecule has 0 atom stereocenters. The van der Waals surface area contributed by atoms with Gasteiger partial charge in [-0.3, -0.25) is 4.79 Å². The van der Waals surface area contributed by atoms with Crippen molar-refractivity contribution < 1.29 is 23.4 Å². The zero-order chi connectivity index (χ0) is 21.0. The lowest BCUT2D eigenvalue weighted by atomic mass is 10.1. The van der Waals surface area contributed by atoms with Crippen LogP contribution in [-0.4, -0.2) is 36.8 Å². The van der Waals surface area contributed by atoms with E-state index in [4.69, 9.17) is 14.2 Å². The zero-order valence-corrected chi connectivity index (χ0v) is 16.7. The highest BCUT2D eigenvalue weighted by Crippen LogP contribution is 2.38. The number of rotatable bonds is 7. The first-order chi connectivity index (χ1) is 14.0. The molecule has 0 aliphatic rings. The van der Waals surface area contributed by atoms with Crippen LogP contribution in [0, 0.1) is 12.7 Å². The Morgan fingerprint density at radius 1 is 1.10 bits per heavy atom. The van der Waals surface area contributed by atoms with Gasteiger partial charge >= 0.3 is 0 Å². The van der Waals surface area contributed by atoms with Crippen LogP contribution in [0.1, 0.15) is 21.7 Å². The van der Waals surface area contributed by atoms with E-state index in [-0.39, 0.29) is 12.5 Å². The minimum absolute atomic E-state index is 0.162. The Balaban J connectivity index is 1.76. The van der Waals surface area contributed by atoms with Gasteiger partial charge in [0.05, 0.1) is 27.0 Å². The molecule has 0 fully saturated rings. The molecule has 0 aliphatic heterocycles.